The summed E-state index contributed by atoms with van der Waals surface area (Å²) in [5.41, 5.74) is -0.269. The van der Waals surface area contributed by atoms with E-state index in [2.05, 4.69) is 17.6 Å². The van der Waals surface area contributed by atoms with Gasteiger partial charge in [0.25, 0.3) is 0 Å². The first-order chi connectivity index (χ1) is 8.60. The van der Waals surface area contributed by atoms with Gasteiger partial charge in [-0.15, -0.1) is 0 Å². The summed E-state index contributed by atoms with van der Waals surface area (Å²) in [7, 11) is 0. The molecule has 5 heteroatoms. The maximum absolute atomic E-state index is 10.9. The van der Waals surface area contributed by atoms with Gasteiger partial charge < -0.3 is 20.2 Å². The smallest absolute Gasteiger partial charge is 0.305 e. The molecule has 1 aromatic rings. The fourth-order valence-corrected chi connectivity index (χ4v) is 2.40. The van der Waals surface area contributed by atoms with Gasteiger partial charge in [0.05, 0.1) is 18.2 Å². The molecule has 0 saturated carbocycles. The first-order valence-corrected chi connectivity index (χ1v) is 6.32. The van der Waals surface area contributed by atoms with E-state index in [4.69, 9.17) is 9.52 Å². The molecule has 1 aliphatic rings. The molecule has 1 atom stereocenters. The molecule has 0 bridgehead atoms. The fourth-order valence-electron chi connectivity index (χ4n) is 2.40. The normalized spacial score (nSPS) is 19.2. The molecule has 3 N–H and O–H groups in total. The van der Waals surface area contributed by atoms with Crippen LogP contribution in [0.25, 0.3) is 0 Å². The Hall–Kier alpha value is -1.33. The molecule has 5 nitrogen and oxygen atoms in total. The molecular weight excluding hydrogens is 232 g/mol. The van der Waals surface area contributed by atoms with Gasteiger partial charge in [0, 0.05) is 25.6 Å². The third-order valence-corrected chi connectivity index (χ3v) is 3.37. The summed E-state index contributed by atoms with van der Waals surface area (Å²) in [4.78, 5) is 10.9. The van der Waals surface area contributed by atoms with E-state index in [1.165, 1.54) is 0 Å². The molecule has 0 aliphatic carbocycles. The van der Waals surface area contributed by atoms with Gasteiger partial charge in [-0.2, -0.15) is 0 Å². The Labute approximate surface area is 107 Å². The van der Waals surface area contributed by atoms with Crippen molar-refractivity contribution in [1.82, 2.24) is 10.6 Å². The summed E-state index contributed by atoms with van der Waals surface area (Å²) in [5, 5.41) is 15.5. The van der Waals surface area contributed by atoms with E-state index in [1.54, 1.807) is 6.26 Å². The van der Waals surface area contributed by atoms with Gasteiger partial charge in [0.15, 0.2) is 0 Å². The number of furan rings is 1. The van der Waals surface area contributed by atoms with Crippen LogP contribution in [-0.2, 0) is 11.2 Å². The van der Waals surface area contributed by atoms with Crippen LogP contribution in [-0.4, -0.2) is 35.7 Å². The average Bonchev–Trinajstić information content (AvgIpc) is 2.75. The first kappa shape index (κ1) is 13.1. The van der Waals surface area contributed by atoms with Crippen molar-refractivity contribution in [3.8, 4) is 0 Å². The highest BCUT2D eigenvalue weighted by molar-refractivity contribution is 5.68. The molecule has 1 unspecified atom stereocenters. The van der Waals surface area contributed by atoms with Crippen molar-refractivity contribution < 1.29 is 14.3 Å². The Kier molecular flexibility index (Phi) is 4.04. The molecule has 2 rings (SSSR count). The van der Waals surface area contributed by atoms with Crippen LogP contribution >= 0.6 is 0 Å². The second-order valence-electron chi connectivity index (χ2n) is 5.12. The molecule has 1 aromatic heterocycles. The van der Waals surface area contributed by atoms with Crippen LogP contribution in [0.3, 0.4) is 0 Å². The van der Waals surface area contributed by atoms with Crippen LogP contribution in [0.4, 0.5) is 0 Å². The number of rotatable bonds is 7. The summed E-state index contributed by atoms with van der Waals surface area (Å²) in [6.45, 7) is 3.54. The Morgan fingerprint density at radius 1 is 1.67 bits per heavy atom. The molecular formula is C13H20N2O3. The Morgan fingerprint density at radius 3 is 2.94 bits per heavy atom. The van der Waals surface area contributed by atoms with E-state index >= 15 is 0 Å². The van der Waals surface area contributed by atoms with Gasteiger partial charge in [-0.05, 0) is 25.5 Å². The molecule has 0 amide bonds. The van der Waals surface area contributed by atoms with Crippen molar-refractivity contribution in [2.75, 3.05) is 13.1 Å². The minimum Gasteiger partial charge on any atom is -0.481 e. The van der Waals surface area contributed by atoms with Gasteiger partial charge in [0.1, 0.15) is 5.76 Å². The zero-order valence-corrected chi connectivity index (χ0v) is 10.6. The van der Waals surface area contributed by atoms with Crippen LogP contribution in [0.1, 0.15) is 25.5 Å². The maximum Gasteiger partial charge on any atom is 0.305 e. The molecule has 1 saturated heterocycles. The largest absolute Gasteiger partial charge is 0.481 e. The summed E-state index contributed by atoms with van der Waals surface area (Å²) >= 11 is 0. The van der Waals surface area contributed by atoms with Gasteiger partial charge in [-0.25, -0.2) is 0 Å². The molecule has 18 heavy (non-hydrogen) atoms. The summed E-state index contributed by atoms with van der Waals surface area (Å²) in [5.74, 6) is 0.227. The molecule has 1 fully saturated rings. The van der Waals surface area contributed by atoms with Crippen molar-refractivity contribution in [3.05, 3.63) is 24.2 Å². The number of carbonyl (C=O) groups is 1. The summed E-state index contributed by atoms with van der Waals surface area (Å²) in [6, 6.07) is 4.12. The van der Waals surface area contributed by atoms with Crippen molar-refractivity contribution in [3.63, 3.8) is 0 Å². The number of hydrogen-bond donors (Lipinski definition) is 3. The lowest BCUT2D eigenvalue weighted by Crippen LogP contribution is -2.70. The lowest BCUT2D eigenvalue weighted by atomic mass is 9.87. The van der Waals surface area contributed by atoms with Gasteiger partial charge in [-0.3, -0.25) is 4.79 Å². The van der Waals surface area contributed by atoms with E-state index in [1.807, 2.05) is 12.1 Å². The third kappa shape index (κ3) is 3.34. The highest BCUT2D eigenvalue weighted by Crippen LogP contribution is 2.18. The van der Waals surface area contributed by atoms with E-state index in [9.17, 15) is 4.79 Å². The van der Waals surface area contributed by atoms with Crippen LogP contribution in [0.15, 0.2) is 22.8 Å². The number of carboxylic acids is 1. The minimum atomic E-state index is -0.748. The molecule has 0 aromatic carbocycles. The minimum absolute atomic E-state index is 0.172. The van der Waals surface area contributed by atoms with Gasteiger partial charge in [0.2, 0.25) is 0 Å². The topological polar surface area (TPSA) is 74.5 Å². The monoisotopic (exact) mass is 252 g/mol. The van der Waals surface area contributed by atoms with Crippen molar-refractivity contribution in [1.29, 1.82) is 0 Å². The zero-order valence-electron chi connectivity index (χ0n) is 10.6. The SMILES string of the molecule is CC(CCc1ccco1)NC1(CC(=O)O)CNC1. The van der Waals surface area contributed by atoms with E-state index in [0.717, 1.165) is 31.7 Å². The predicted molar refractivity (Wildman–Crippen MR) is 67.5 cm³/mol. The quantitative estimate of drug-likeness (QED) is 0.675. The molecule has 1 aliphatic heterocycles. The van der Waals surface area contributed by atoms with E-state index in [-0.39, 0.29) is 18.0 Å². The van der Waals surface area contributed by atoms with Crippen molar-refractivity contribution in [2.45, 2.75) is 37.8 Å². The Bertz CT molecular complexity index is 385. The predicted octanol–water partition coefficient (Wildman–Crippen LogP) is 1.01. The zero-order chi connectivity index (χ0) is 13.0. The van der Waals surface area contributed by atoms with Crippen LogP contribution in [0.5, 0.6) is 0 Å². The highest BCUT2D eigenvalue weighted by Gasteiger charge is 2.39. The average molecular weight is 252 g/mol. The molecule has 100 valence electrons. The number of hydrogen-bond acceptors (Lipinski definition) is 4. The van der Waals surface area contributed by atoms with Crippen LogP contribution < -0.4 is 10.6 Å². The maximum atomic E-state index is 10.9. The highest BCUT2D eigenvalue weighted by atomic mass is 16.4. The molecule has 0 radical (unpaired) electrons. The second kappa shape index (κ2) is 5.54. The lowest BCUT2D eigenvalue weighted by molar-refractivity contribution is -0.139. The number of aryl methyl sites for hydroxylation is 1. The second-order valence-corrected chi connectivity index (χ2v) is 5.12. The summed E-state index contributed by atoms with van der Waals surface area (Å²) in [6.07, 6.45) is 3.66. The van der Waals surface area contributed by atoms with Crippen LogP contribution in [0.2, 0.25) is 0 Å². The van der Waals surface area contributed by atoms with Gasteiger partial charge in [-0.1, -0.05) is 0 Å². The molecule has 2 heterocycles. The van der Waals surface area contributed by atoms with E-state index < -0.39 is 5.97 Å². The fraction of sp³-hybridized carbons (Fsp3) is 0.615. The number of carboxylic acid groups (broad SMARTS) is 1. The summed E-state index contributed by atoms with van der Waals surface area (Å²) < 4.78 is 5.28. The lowest BCUT2D eigenvalue weighted by Gasteiger charge is -2.44. The van der Waals surface area contributed by atoms with Crippen molar-refractivity contribution in [2.24, 2.45) is 0 Å². The van der Waals surface area contributed by atoms with Crippen LogP contribution in [0, 0.1) is 0 Å². The standard InChI is InChI=1S/C13H20N2O3/c1-10(4-5-11-3-2-6-18-11)15-13(7-12(16)17)8-14-9-13/h2-3,6,10,14-15H,4-5,7-9H2,1H3,(H,16,17). The Morgan fingerprint density at radius 2 is 2.44 bits per heavy atom. The number of nitrogens with one attached hydrogen (secondary N) is 2. The molecule has 0 spiro atoms. The van der Waals surface area contributed by atoms with Gasteiger partial charge >= 0.3 is 5.97 Å². The Balaban J connectivity index is 1.78. The number of aliphatic carboxylic acids is 1. The third-order valence-electron chi connectivity index (χ3n) is 3.37. The van der Waals surface area contributed by atoms with E-state index in [0.29, 0.717) is 0 Å². The first-order valence-electron chi connectivity index (χ1n) is 6.32. The van der Waals surface area contributed by atoms with Crippen molar-refractivity contribution >= 4 is 5.97 Å².